The van der Waals surface area contributed by atoms with Crippen molar-refractivity contribution in [3.8, 4) is 0 Å². The molecule has 0 fully saturated rings. The van der Waals surface area contributed by atoms with Crippen molar-refractivity contribution in [3.63, 3.8) is 0 Å². The summed E-state index contributed by atoms with van der Waals surface area (Å²) < 4.78 is 0. The van der Waals surface area contributed by atoms with E-state index in [0.717, 1.165) is 6.42 Å². The summed E-state index contributed by atoms with van der Waals surface area (Å²) in [5.41, 5.74) is 0. The molecule has 0 heterocycles. The van der Waals surface area contributed by atoms with E-state index in [9.17, 15) is 9.90 Å². The molecule has 0 saturated heterocycles. The lowest BCUT2D eigenvalue weighted by molar-refractivity contribution is -0.137. The first-order chi connectivity index (χ1) is 10.2. The Morgan fingerprint density at radius 2 is 1.67 bits per heavy atom. The maximum atomic E-state index is 10.3. The van der Waals surface area contributed by atoms with Gasteiger partial charge in [-0.05, 0) is 25.7 Å². The number of aliphatic carboxylic acids is 1. The van der Waals surface area contributed by atoms with Crippen molar-refractivity contribution in [1.29, 1.82) is 0 Å². The molecule has 1 atom stereocenters. The van der Waals surface area contributed by atoms with Crippen molar-refractivity contribution in [2.24, 2.45) is 0 Å². The van der Waals surface area contributed by atoms with E-state index in [-0.39, 0.29) is 6.42 Å². The Balaban J connectivity index is 3.40. The number of hydrogen-bond acceptors (Lipinski definition) is 2. The highest BCUT2D eigenvalue weighted by Crippen LogP contribution is 2.08. The SMILES string of the molecule is CCCCCCCCC/C=C/C=C/C(O)CCCC(=O)O. The molecule has 0 radical (unpaired) electrons. The van der Waals surface area contributed by atoms with Crippen LogP contribution in [-0.2, 0) is 4.79 Å². The minimum atomic E-state index is -0.805. The number of aliphatic hydroxyl groups is 1. The quantitative estimate of drug-likeness (QED) is 0.355. The zero-order chi connectivity index (χ0) is 15.8. The Bertz CT molecular complexity index is 295. The standard InChI is InChI=1S/C18H32O3/c1-2-3-4-5-6-7-8-9-10-11-12-14-17(19)15-13-16-18(20)21/h10-12,14,17,19H,2-9,13,15-16H2,1H3,(H,20,21)/b11-10+,14-12+. The van der Waals surface area contributed by atoms with Crippen molar-refractivity contribution in [3.05, 3.63) is 24.3 Å². The number of aliphatic hydroxyl groups excluding tert-OH is 1. The Morgan fingerprint density at radius 1 is 1.00 bits per heavy atom. The molecule has 21 heavy (non-hydrogen) atoms. The monoisotopic (exact) mass is 296 g/mol. The van der Waals surface area contributed by atoms with Gasteiger partial charge < -0.3 is 10.2 Å². The molecule has 0 aromatic heterocycles. The molecular weight excluding hydrogens is 264 g/mol. The molecule has 0 spiro atoms. The number of carbonyl (C=O) groups is 1. The van der Waals surface area contributed by atoms with Gasteiger partial charge in [0.2, 0.25) is 0 Å². The van der Waals surface area contributed by atoms with E-state index in [1.165, 1.54) is 44.9 Å². The lowest BCUT2D eigenvalue weighted by Gasteiger charge is -2.02. The topological polar surface area (TPSA) is 57.5 Å². The summed E-state index contributed by atoms with van der Waals surface area (Å²) in [5.74, 6) is -0.805. The fraction of sp³-hybridized carbons (Fsp3) is 0.722. The van der Waals surface area contributed by atoms with Gasteiger partial charge in [0.15, 0.2) is 0 Å². The molecule has 0 aromatic carbocycles. The molecule has 0 aliphatic heterocycles. The lowest BCUT2D eigenvalue weighted by Crippen LogP contribution is -2.03. The zero-order valence-corrected chi connectivity index (χ0v) is 13.5. The molecule has 0 rings (SSSR count). The van der Waals surface area contributed by atoms with E-state index in [2.05, 4.69) is 13.0 Å². The maximum Gasteiger partial charge on any atom is 0.303 e. The van der Waals surface area contributed by atoms with Crippen LogP contribution in [0.4, 0.5) is 0 Å². The lowest BCUT2D eigenvalue weighted by atomic mass is 10.1. The number of carboxylic acids is 1. The van der Waals surface area contributed by atoms with Gasteiger partial charge in [-0.1, -0.05) is 69.8 Å². The van der Waals surface area contributed by atoms with Crippen molar-refractivity contribution in [2.45, 2.75) is 83.7 Å². The van der Waals surface area contributed by atoms with Crippen LogP contribution in [0.3, 0.4) is 0 Å². The van der Waals surface area contributed by atoms with Crippen LogP contribution in [0.1, 0.15) is 77.6 Å². The van der Waals surface area contributed by atoms with Gasteiger partial charge in [-0.15, -0.1) is 0 Å². The molecule has 2 N–H and O–H groups in total. The zero-order valence-electron chi connectivity index (χ0n) is 13.5. The minimum Gasteiger partial charge on any atom is -0.481 e. The van der Waals surface area contributed by atoms with E-state index in [1.807, 2.05) is 12.2 Å². The molecule has 3 nitrogen and oxygen atoms in total. The van der Waals surface area contributed by atoms with Crippen LogP contribution in [0.25, 0.3) is 0 Å². The van der Waals surface area contributed by atoms with Gasteiger partial charge in [0.25, 0.3) is 0 Å². The molecule has 0 aromatic rings. The fourth-order valence-electron chi connectivity index (χ4n) is 2.15. The highest BCUT2D eigenvalue weighted by molar-refractivity contribution is 5.66. The first-order valence-electron chi connectivity index (χ1n) is 8.40. The van der Waals surface area contributed by atoms with Crippen LogP contribution in [-0.4, -0.2) is 22.3 Å². The van der Waals surface area contributed by atoms with Crippen LogP contribution in [0.2, 0.25) is 0 Å². The van der Waals surface area contributed by atoms with Crippen molar-refractivity contribution < 1.29 is 15.0 Å². The third kappa shape index (κ3) is 16.9. The molecule has 0 aliphatic carbocycles. The average Bonchev–Trinajstić information content (AvgIpc) is 2.44. The van der Waals surface area contributed by atoms with Crippen molar-refractivity contribution >= 4 is 5.97 Å². The largest absolute Gasteiger partial charge is 0.481 e. The summed E-state index contributed by atoms with van der Waals surface area (Å²) in [6, 6.07) is 0. The summed E-state index contributed by atoms with van der Waals surface area (Å²) in [5, 5.41) is 18.1. The molecule has 3 heteroatoms. The molecule has 0 bridgehead atoms. The normalized spacial score (nSPS) is 13.2. The second-order valence-corrected chi connectivity index (χ2v) is 5.58. The predicted octanol–water partition coefficient (Wildman–Crippen LogP) is 4.86. The number of carboxylic acid groups (broad SMARTS) is 1. The average molecular weight is 296 g/mol. The van der Waals surface area contributed by atoms with Crippen molar-refractivity contribution in [2.75, 3.05) is 0 Å². The van der Waals surface area contributed by atoms with E-state index in [1.54, 1.807) is 6.08 Å². The summed E-state index contributed by atoms with van der Waals surface area (Å²) in [6.07, 6.45) is 18.7. The van der Waals surface area contributed by atoms with Gasteiger partial charge in [-0.25, -0.2) is 0 Å². The van der Waals surface area contributed by atoms with Crippen LogP contribution in [0.5, 0.6) is 0 Å². The number of rotatable bonds is 14. The summed E-state index contributed by atoms with van der Waals surface area (Å²) >= 11 is 0. The van der Waals surface area contributed by atoms with Gasteiger partial charge >= 0.3 is 5.97 Å². The second-order valence-electron chi connectivity index (χ2n) is 5.58. The third-order valence-electron chi connectivity index (χ3n) is 3.45. The first-order valence-corrected chi connectivity index (χ1v) is 8.40. The highest BCUT2D eigenvalue weighted by atomic mass is 16.4. The van der Waals surface area contributed by atoms with Gasteiger partial charge in [-0.3, -0.25) is 4.79 Å². The molecule has 0 aliphatic rings. The van der Waals surface area contributed by atoms with Gasteiger partial charge in [0.1, 0.15) is 0 Å². The third-order valence-corrected chi connectivity index (χ3v) is 3.45. The van der Waals surface area contributed by atoms with Gasteiger partial charge in [-0.2, -0.15) is 0 Å². The van der Waals surface area contributed by atoms with Gasteiger partial charge in [0.05, 0.1) is 6.10 Å². The van der Waals surface area contributed by atoms with Crippen LogP contribution in [0.15, 0.2) is 24.3 Å². The van der Waals surface area contributed by atoms with E-state index in [0.29, 0.717) is 12.8 Å². The second kappa shape index (κ2) is 15.3. The predicted molar refractivity (Wildman–Crippen MR) is 88.4 cm³/mol. The summed E-state index contributed by atoms with van der Waals surface area (Å²) in [7, 11) is 0. The van der Waals surface area contributed by atoms with Crippen LogP contribution in [0, 0.1) is 0 Å². The summed E-state index contributed by atoms with van der Waals surface area (Å²) in [4.78, 5) is 10.3. The van der Waals surface area contributed by atoms with E-state index < -0.39 is 12.1 Å². The number of allylic oxidation sites excluding steroid dienone is 3. The minimum absolute atomic E-state index is 0.124. The smallest absolute Gasteiger partial charge is 0.303 e. The molecule has 0 amide bonds. The van der Waals surface area contributed by atoms with Crippen molar-refractivity contribution in [1.82, 2.24) is 0 Å². The Morgan fingerprint density at radius 3 is 2.33 bits per heavy atom. The van der Waals surface area contributed by atoms with E-state index in [4.69, 9.17) is 5.11 Å². The number of unbranched alkanes of at least 4 members (excludes halogenated alkanes) is 7. The molecule has 122 valence electrons. The van der Waals surface area contributed by atoms with Crippen LogP contribution < -0.4 is 0 Å². The Labute approximate surface area is 129 Å². The number of hydrogen-bond donors (Lipinski definition) is 2. The molecule has 1 unspecified atom stereocenters. The van der Waals surface area contributed by atoms with E-state index >= 15 is 0 Å². The van der Waals surface area contributed by atoms with Gasteiger partial charge in [0, 0.05) is 6.42 Å². The Hall–Kier alpha value is -1.09. The maximum absolute atomic E-state index is 10.3. The Kier molecular flexibility index (Phi) is 14.5. The summed E-state index contributed by atoms with van der Waals surface area (Å²) in [6.45, 7) is 2.24. The first kappa shape index (κ1) is 19.9. The fourth-order valence-corrected chi connectivity index (χ4v) is 2.15. The van der Waals surface area contributed by atoms with Crippen LogP contribution >= 0.6 is 0 Å². The molecule has 0 saturated carbocycles. The highest BCUT2D eigenvalue weighted by Gasteiger charge is 2.01. The molecular formula is C18H32O3.